The molecule has 0 bridgehead atoms. The van der Waals surface area contributed by atoms with Gasteiger partial charge in [0.1, 0.15) is 23.7 Å². The fourth-order valence-corrected chi connectivity index (χ4v) is 5.37. The van der Waals surface area contributed by atoms with Gasteiger partial charge in [-0.15, -0.1) is 0 Å². The summed E-state index contributed by atoms with van der Waals surface area (Å²) in [5.41, 5.74) is 5.22. The molecule has 1 amide bonds. The van der Waals surface area contributed by atoms with E-state index in [1.54, 1.807) is 23.6 Å². The van der Waals surface area contributed by atoms with Gasteiger partial charge >= 0.3 is 5.97 Å². The van der Waals surface area contributed by atoms with Gasteiger partial charge in [0.15, 0.2) is 11.5 Å². The third-order valence-corrected chi connectivity index (χ3v) is 7.15. The molecule has 3 aromatic rings. The molecular formula is C20H25ClN7O5P. The molecular weight excluding hydrogens is 485 g/mol. The summed E-state index contributed by atoms with van der Waals surface area (Å²) in [6.45, 7) is 4.65. The number of aliphatic carboxylic acids is 1. The molecule has 0 saturated carbocycles. The normalized spacial score (nSPS) is 14.5. The van der Waals surface area contributed by atoms with Crippen LogP contribution in [0.25, 0.3) is 11.2 Å². The van der Waals surface area contributed by atoms with Crippen LogP contribution in [0, 0.1) is 0 Å². The van der Waals surface area contributed by atoms with Gasteiger partial charge in [0.05, 0.1) is 29.6 Å². The van der Waals surface area contributed by atoms with Gasteiger partial charge in [-0.3, -0.25) is 19.2 Å². The molecule has 0 aliphatic carbocycles. The Morgan fingerprint density at radius 3 is 2.68 bits per heavy atom. The van der Waals surface area contributed by atoms with Crippen molar-refractivity contribution >= 4 is 47.9 Å². The second kappa shape index (κ2) is 10.1. The standard InChI is InChI=1S/C20H25ClN7O5P/c1-12(8-28-10-25-15-16(22)23-9-24-17(15)28)33-11-34(32,27-20(2,3)19(30)31)26-18(29)13-6-4-5-7-14(13)21/h4-7,9-10,12H,8,11H2,1-3H3,(H,30,31)(H2,22,23,24)(H2,26,27,29,32). The third kappa shape index (κ3) is 5.89. The maximum Gasteiger partial charge on any atom is 0.323 e. The van der Waals surface area contributed by atoms with Gasteiger partial charge in [-0.2, -0.15) is 0 Å². The van der Waals surface area contributed by atoms with Crippen LogP contribution < -0.4 is 15.9 Å². The van der Waals surface area contributed by atoms with Crippen LogP contribution in [0.5, 0.6) is 0 Å². The first-order chi connectivity index (χ1) is 15.9. The fourth-order valence-electron chi connectivity index (χ4n) is 3.06. The molecule has 12 nitrogen and oxygen atoms in total. The number of amides is 1. The Labute approximate surface area is 200 Å². The second-order valence-corrected chi connectivity index (χ2v) is 10.7. The largest absolute Gasteiger partial charge is 0.480 e. The molecule has 182 valence electrons. The van der Waals surface area contributed by atoms with Gasteiger partial charge in [-0.25, -0.2) is 20.0 Å². The van der Waals surface area contributed by atoms with Gasteiger partial charge in [-0.05, 0) is 32.9 Å². The molecule has 2 atom stereocenters. The van der Waals surface area contributed by atoms with E-state index < -0.39 is 37.3 Å². The molecule has 2 unspecified atom stereocenters. The van der Waals surface area contributed by atoms with Gasteiger partial charge in [-0.1, -0.05) is 23.7 Å². The van der Waals surface area contributed by atoms with Crippen molar-refractivity contribution in [3.05, 3.63) is 47.5 Å². The summed E-state index contributed by atoms with van der Waals surface area (Å²) in [6.07, 6.45) is 1.84. The highest BCUT2D eigenvalue weighted by molar-refractivity contribution is 7.60. The van der Waals surface area contributed by atoms with Gasteiger partial charge < -0.3 is 20.1 Å². The number of nitrogens with one attached hydrogen (secondary N) is 2. The van der Waals surface area contributed by atoms with E-state index in [0.29, 0.717) is 11.2 Å². The van der Waals surface area contributed by atoms with Crippen LogP contribution in [0.15, 0.2) is 36.9 Å². The molecule has 3 rings (SSSR count). The first-order valence-electron chi connectivity index (χ1n) is 10.1. The molecule has 14 heteroatoms. The summed E-state index contributed by atoms with van der Waals surface area (Å²) in [4.78, 5) is 36.6. The highest BCUT2D eigenvalue weighted by Gasteiger charge is 2.38. The second-order valence-electron chi connectivity index (χ2n) is 8.14. The Morgan fingerprint density at radius 2 is 2.00 bits per heavy atom. The number of carboxylic acids is 1. The number of carbonyl (C=O) groups is 2. The van der Waals surface area contributed by atoms with Gasteiger partial charge in [0.25, 0.3) is 13.4 Å². The van der Waals surface area contributed by atoms with Crippen LogP contribution in [-0.4, -0.2) is 54.5 Å². The number of anilines is 1. The molecule has 0 saturated heterocycles. The molecule has 0 radical (unpaired) electrons. The van der Waals surface area contributed by atoms with Crippen molar-refractivity contribution in [3.8, 4) is 0 Å². The van der Waals surface area contributed by atoms with Crippen LogP contribution in [0.3, 0.4) is 0 Å². The van der Waals surface area contributed by atoms with E-state index in [2.05, 4.69) is 25.1 Å². The summed E-state index contributed by atoms with van der Waals surface area (Å²) < 4.78 is 21.1. The van der Waals surface area contributed by atoms with Crippen molar-refractivity contribution in [2.45, 2.75) is 39.0 Å². The summed E-state index contributed by atoms with van der Waals surface area (Å²) in [7, 11) is -3.92. The Morgan fingerprint density at radius 1 is 1.29 bits per heavy atom. The number of fused-ring (bicyclic) bond motifs is 1. The SMILES string of the molecule is CC(Cn1cnc2c(N)ncnc21)OCP(=O)(NC(=O)c1ccccc1Cl)NC(C)(C)C(=O)O. The summed E-state index contributed by atoms with van der Waals surface area (Å²) >= 11 is 6.07. The predicted octanol–water partition coefficient (Wildman–Crippen LogP) is 2.50. The Balaban J connectivity index is 1.77. The summed E-state index contributed by atoms with van der Waals surface area (Å²) in [5, 5.41) is 14.6. The minimum absolute atomic E-state index is 0.0922. The lowest BCUT2D eigenvalue weighted by Gasteiger charge is -2.29. The molecule has 5 N–H and O–H groups in total. The zero-order chi connectivity index (χ0) is 25.1. The molecule has 0 aliphatic rings. The Kier molecular flexibility index (Phi) is 7.57. The van der Waals surface area contributed by atoms with Crippen molar-refractivity contribution in [2.24, 2.45) is 0 Å². The fraction of sp³-hybridized carbons (Fsp3) is 0.350. The Bertz CT molecular complexity index is 1270. The summed E-state index contributed by atoms with van der Waals surface area (Å²) in [5.74, 6) is -1.74. The number of nitrogens with two attached hydrogens (primary N) is 1. The quantitative estimate of drug-likeness (QED) is 0.297. The van der Waals surface area contributed by atoms with E-state index in [9.17, 15) is 19.3 Å². The number of halogens is 1. The van der Waals surface area contributed by atoms with E-state index in [1.165, 1.54) is 38.6 Å². The number of hydrogen-bond donors (Lipinski definition) is 4. The van der Waals surface area contributed by atoms with Crippen LogP contribution in [0.4, 0.5) is 5.82 Å². The van der Waals surface area contributed by atoms with E-state index in [-0.39, 0.29) is 22.9 Å². The number of benzene rings is 1. The van der Waals surface area contributed by atoms with Crippen molar-refractivity contribution in [2.75, 3.05) is 12.1 Å². The molecule has 2 heterocycles. The number of ether oxygens (including phenoxy) is 1. The number of nitrogen functional groups attached to an aromatic ring is 1. The molecule has 1 aromatic carbocycles. The number of hydrogen-bond acceptors (Lipinski definition) is 8. The first kappa shape index (κ1) is 25.6. The maximum atomic E-state index is 13.7. The average molecular weight is 510 g/mol. The van der Waals surface area contributed by atoms with Crippen LogP contribution >= 0.6 is 19.0 Å². The lowest BCUT2D eigenvalue weighted by molar-refractivity contribution is -0.142. The van der Waals surface area contributed by atoms with Crippen LogP contribution in [0.2, 0.25) is 5.02 Å². The van der Waals surface area contributed by atoms with Crippen LogP contribution in [-0.2, 0) is 20.6 Å². The molecule has 0 spiro atoms. The van der Waals surface area contributed by atoms with E-state index in [4.69, 9.17) is 22.1 Å². The molecule has 34 heavy (non-hydrogen) atoms. The van der Waals surface area contributed by atoms with Crippen molar-refractivity contribution in [1.29, 1.82) is 0 Å². The predicted molar refractivity (Wildman–Crippen MR) is 127 cm³/mol. The van der Waals surface area contributed by atoms with Crippen molar-refractivity contribution < 1.29 is 24.0 Å². The topological polar surface area (TPSA) is 174 Å². The molecule has 2 aromatic heterocycles. The zero-order valence-electron chi connectivity index (χ0n) is 18.7. The number of rotatable bonds is 10. The zero-order valence-corrected chi connectivity index (χ0v) is 20.4. The van der Waals surface area contributed by atoms with Gasteiger partial charge in [0, 0.05) is 0 Å². The van der Waals surface area contributed by atoms with Crippen molar-refractivity contribution in [1.82, 2.24) is 29.7 Å². The monoisotopic (exact) mass is 509 g/mol. The van der Waals surface area contributed by atoms with E-state index >= 15 is 0 Å². The molecule has 0 fully saturated rings. The number of carbonyl (C=O) groups excluding carboxylic acids is 1. The average Bonchev–Trinajstić information content (AvgIpc) is 3.16. The van der Waals surface area contributed by atoms with E-state index in [1.807, 2.05) is 0 Å². The lowest BCUT2D eigenvalue weighted by Crippen LogP contribution is -2.48. The number of carboxylic acid groups (broad SMARTS) is 1. The minimum Gasteiger partial charge on any atom is -0.480 e. The minimum atomic E-state index is -3.92. The molecule has 0 aliphatic heterocycles. The number of nitrogens with zero attached hydrogens (tertiary/aromatic N) is 4. The number of imidazole rings is 1. The maximum absolute atomic E-state index is 13.7. The lowest BCUT2D eigenvalue weighted by atomic mass is 10.1. The van der Waals surface area contributed by atoms with Gasteiger partial charge in [0.2, 0.25) is 0 Å². The van der Waals surface area contributed by atoms with Crippen molar-refractivity contribution in [3.63, 3.8) is 0 Å². The highest BCUT2D eigenvalue weighted by Crippen LogP contribution is 2.40. The Hall–Kier alpha value is -3.05. The smallest absolute Gasteiger partial charge is 0.323 e. The highest BCUT2D eigenvalue weighted by atomic mass is 35.5. The van der Waals surface area contributed by atoms with E-state index in [0.717, 1.165) is 0 Å². The number of aromatic nitrogens is 4. The summed E-state index contributed by atoms with van der Waals surface area (Å²) in [6, 6.07) is 6.23. The first-order valence-corrected chi connectivity index (χ1v) is 12.4. The van der Waals surface area contributed by atoms with Crippen LogP contribution in [0.1, 0.15) is 31.1 Å². The third-order valence-electron chi connectivity index (χ3n) is 4.82.